The zero-order valence-electron chi connectivity index (χ0n) is 13.7. The topological polar surface area (TPSA) is 28.5 Å². The van der Waals surface area contributed by atoms with Crippen LogP contribution in [-0.4, -0.2) is 24.2 Å². The summed E-state index contributed by atoms with van der Waals surface area (Å²) in [5, 5.41) is 10.3. The van der Waals surface area contributed by atoms with Gasteiger partial charge >= 0.3 is 0 Å². The summed E-state index contributed by atoms with van der Waals surface area (Å²) in [5.74, 6) is 0. The molecule has 2 heterocycles. The Morgan fingerprint density at radius 3 is 2.54 bits per heavy atom. The Labute approximate surface area is 158 Å². The summed E-state index contributed by atoms with van der Waals surface area (Å²) in [4.78, 5) is 3.09. The Bertz CT molecular complexity index is 651. The maximum atomic E-state index is 5.93. The molecule has 2 atom stereocenters. The Morgan fingerprint density at radius 2 is 1.92 bits per heavy atom. The van der Waals surface area contributed by atoms with E-state index in [-0.39, 0.29) is 6.04 Å². The monoisotopic (exact) mass is 380 g/mol. The lowest BCUT2D eigenvalue weighted by atomic mass is 10.1. The van der Waals surface area contributed by atoms with Crippen molar-refractivity contribution < 1.29 is 4.90 Å². The zero-order chi connectivity index (χ0) is 16.9. The van der Waals surface area contributed by atoms with Gasteiger partial charge in [0.2, 0.25) is 0 Å². The highest BCUT2D eigenvalue weighted by Crippen LogP contribution is 2.21. The molecule has 0 spiro atoms. The maximum absolute atomic E-state index is 5.93. The van der Waals surface area contributed by atoms with Crippen LogP contribution >= 0.6 is 35.2 Å². The molecule has 2 aromatic rings. The van der Waals surface area contributed by atoms with E-state index in [4.69, 9.17) is 23.8 Å². The number of quaternary nitrogens is 1. The van der Waals surface area contributed by atoms with Gasteiger partial charge in [-0.2, -0.15) is 0 Å². The molecule has 3 nitrogen and oxygen atoms in total. The van der Waals surface area contributed by atoms with Crippen LogP contribution < -0.4 is 15.5 Å². The Balaban J connectivity index is 1.65. The van der Waals surface area contributed by atoms with Gasteiger partial charge in [-0.1, -0.05) is 17.7 Å². The van der Waals surface area contributed by atoms with Gasteiger partial charge in [0.25, 0.3) is 0 Å². The first kappa shape index (κ1) is 17.7. The SMILES string of the molecule is C[C@@H](NC(=S)Nc1ccc(Cl)cc1)[C@@H](c1cccs1)[NH+]1CCCC1. The van der Waals surface area contributed by atoms with Crippen molar-refractivity contribution in [2.45, 2.75) is 31.8 Å². The van der Waals surface area contributed by atoms with Gasteiger partial charge in [0, 0.05) is 23.6 Å². The normalized spacial score (nSPS) is 17.4. The lowest BCUT2D eigenvalue weighted by molar-refractivity contribution is -0.920. The third kappa shape index (κ3) is 4.48. The van der Waals surface area contributed by atoms with E-state index in [9.17, 15) is 0 Å². The number of thiocarbonyl (C=S) groups is 1. The molecule has 0 amide bonds. The molecule has 1 saturated heterocycles. The first-order valence-electron chi connectivity index (χ1n) is 8.34. The number of rotatable bonds is 5. The van der Waals surface area contributed by atoms with Crippen molar-refractivity contribution in [1.29, 1.82) is 0 Å². The summed E-state index contributed by atoms with van der Waals surface area (Å²) in [5.41, 5.74) is 0.949. The van der Waals surface area contributed by atoms with E-state index in [0.29, 0.717) is 11.2 Å². The van der Waals surface area contributed by atoms with Gasteiger partial charge in [0.1, 0.15) is 6.04 Å². The number of thiophene rings is 1. The maximum Gasteiger partial charge on any atom is 0.171 e. The number of benzene rings is 1. The molecular weight excluding hydrogens is 358 g/mol. The minimum absolute atomic E-state index is 0.268. The highest BCUT2D eigenvalue weighted by molar-refractivity contribution is 7.80. The summed E-state index contributed by atoms with van der Waals surface area (Å²) in [6.07, 6.45) is 2.63. The number of hydrogen-bond acceptors (Lipinski definition) is 2. The first-order valence-corrected chi connectivity index (χ1v) is 10.0. The minimum atomic E-state index is 0.268. The number of nitrogens with one attached hydrogen (secondary N) is 3. The van der Waals surface area contributed by atoms with Gasteiger partial charge < -0.3 is 15.5 Å². The van der Waals surface area contributed by atoms with Gasteiger partial charge in [0.15, 0.2) is 5.11 Å². The van der Waals surface area contributed by atoms with E-state index in [2.05, 4.69) is 35.1 Å². The molecular formula is C18H23ClN3S2+. The average molecular weight is 381 g/mol. The first-order chi connectivity index (χ1) is 11.6. The second-order valence-corrected chi connectivity index (χ2v) is 8.08. The molecule has 0 aliphatic carbocycles. The fourth-order valence-corrected chi connectivity index (χ4v) is 4.82. The molecule has 6 heteroatoms. The van der Waals surface area contributed by atoms with Crippen LogP contribution in [0.4, 0.5) is 5.69 Å². The lowest BCUT2D eigenvalue weighted by Gasteiger charge is -2.30. The molecule has 1 aromatic carbocycles. The largest absolute Gasteiger partial charge is 0.354 e. The van der Waals surface area contributed by atoms with Crippen molar-refractivity contribution in [2.24, 2.45) is 0 Å². The van der Waals surface area contributed by atoms with Gasteiger partial charge in [-0.15, -0.1) is 11.3 Å². The molecule has 1 aromatic heterocycles. The molecule has 0 radical (unpaired) electrons. The highest BCUT2D eigenvalue weighted by atomic mass is 35.5. The highest BCUT2D eigenvalue weighted by Gasteiger charge is 2.33. The molecule has 0 unspecified atom stereocenters. The van der Waals surface area contributed by atoms with Gasteiger partial charge in [0.05, 0.1) is 24.0 Å². The third-order valence-electron chi connectivity index (χ3n) is 4.50. The zero-order valence-corrected chi connectivity index (χ0v) is 16.1. The van der Waals surface area contributed by atoms with Crippen molar-refractivity contribution in [1.82, 2.24) is 5.32 Å². The van der Waals surface area contributed by atoms with Crippen molar-refractivity contribution in [3.63, 3.8) is 0 Å². The van der Waals surface area contributed by atoms with Gasteiger partial charge in [-0.05, 0) is 54.9 Å². The van der Waals surface area contributed by atoms with E-state index in [1.54, 1.807) is 4.90 Å². The van der Waals surface area contributed by atoms with Crippen LogP contribution in [0.25, 0.3) is 0 Å². The Hall–Kier alpha value is -1.14. The van der Waals surface area contributed by atoms with Crippen LogP contribution in [-0.2, 0) is 0 Å². The van der Waals surface area contributed by atoms with Gasteiger partial charge in [-0.25, -0.2) is 0 Å². The van der Waals surface area contributed by atoms with Crippen molar-refractivity contribution in [3.05, 3.63) is 51.7 Å². The fourth-order valence-electron chi connectivity index (χ4n) is 3.40. The van der Waals surface area contributed by atoms with Crippen molar-refractivity contribution in [3.8, 4) is 0 Å². The summed E-state index contributed by atoms with van der Waals surface area (Å²) < 4.78 is 0. The molecule has 3 N–H and O–H groups in total. The summed E-state index contributed by atoms with van der Waals surface area (Å²) in [6, 6.07) is 12.7. The summed E-state index contributed by atoms with van der Waals surface area (Å²) >= 11 is 13.3. The molecule has 1 aliphatic rings. The second kappa shape index (κ2) is 8.30. The number of anilines is 1. The molecule has 128 valence electrons. The Morgan fingerprint density at radius 1 is 1.21 bits per heavy atom. The van der Waals surface area contributed by atoms with E-state index in [1.807, 2.05) is 35.6 Å². The van der Waals surface area contributed by atoms with E-state index < -0.39 is 0 Å². The third-order valence-corrected chi connectivity index (χ3v) is 5.92. The number of halogens is 1. The van der Waals surface area contributed by atoms with Crippen molar-refractivity contribution in [2.75, 3.05) is 18.4 Å². The quantitative estimate of drug-likeness (QED) is 0.693. The smallest absolute Gasteiger partial charge is 0.171 e. The van der Waals surface area contributed by atoms with E-state index in [0.717, 1.165) is 10.7 Å². The van der Waals surface area contributed by atoms with E-state index >= 15 is 0 Å². The fraction of sp³-hybridized carbons (Fsp3) is 0.389. The predicted molar refractivity (Wildman–Crippen MR) is 107 cm³/mol. The number of hydrogen-bond donors (Lipinski definition) is 3. The molecule has 1 aliphatic heterocycles. The molecule has 0 saturated carbocycles. The predicted octanol–water partition coefficient (Wildman–Crippen LogP) is 3.50. The van der Waals surface area contributed by atoms with Crippen LogP contribution in [0.1, 0.15) is 30.7 Å². The summed E-state index contributed by atoms with van der Waals surface area (Å²) in [6.45, 7) is 4.71. The van der Waals surface area contributed by atoms with Crippen LogP contribution in [0.5, 0.6) is 0 Å². The number of likely N-dealkylation sites (tertiary alicyclic amines) is 1. The van der Waals surface area contributed by atoms with Crippen molar-refractivity contribution >= 4 is 46.0 Å². The van der Waals surface area contributed by atoms with Crippen LogP contribution in [0.2, 0.25) is 5.02 Å². The summed E-state index contributed by atoms with van der Waals surface area (Å²) in [7, 11) is 0. The van der Waals surface area contributed by atoms with Gasteiger partial charge in [-0.3, -0.25) is 0 Å². The minimum Gasteiger partial charge on any atom is -0.354 e. The van der Waals surface area contributed by atoms with Crippen LogP contribution in [0.15, 0.2) is 41.8 Å². The standard InChI is InChI=1S/C18H22ClN3S2/c1-13(20-18(23)21-15-8-6-14(19)7-9-15)17(16-5-4-12-24-16)22-10-2-3-11-22/h4-9,12-13,17H,2-3,10-11H2,1H3,(H2,20,21,23)/p+1/t13-,17+/m1/s1. The molecule has 1 fully saturated rings. The van der Waals surface area contributed by atoms with Crippen LogP contribution in [0, 0.1) is 0 Å². The van der Waals surface area contributed by atoms with E-state index in [1.165, 1.54) is 30.8 Å². The second-order valence-electron chi connectivity index (χ2n) is 6.25. The Kier molecular flexibility index (Phi) is 6.11. The molecule has 24 heavy (non-hydrogen) atoms. The average Bonchev–Trinajstić information content (AvgIpc) is 3.24. The molecule has 3 rings (SSSR count). The molecule has 0 bridgehead atoms. The van der Waals surface area contributed by atoms with Crippen LogP contribution in [0.3, 0.4) is 0 Å². The lowest BCUT2D eigenvalue weighted by Crippen LogP contribution is -3.11.